The number of nitrogens with zero attached hydrogens (tertiary/aromatic N) is 4. The standard InChI is InChI=1S/C56H50N4O/c1-55(2,3)40-20-14-19-39(33-40)46-25-16-24-45(38-17-8-7-9-18-38)54(46)59-37-58(50-27-12-13-28-51(50)59)42-21-15-22-43(35-42)61-44-29-30-48-47-23-10-11-26-49(47)60(52(48)36-44)53-34-41(31-32-57-53)56(4,5)6/h7-36H,37H2,1-6H3/i7D,8D,9D,10D,11D,17D,18D,23D,26D,29D,30D,31D,32D,34D. The van der Waals surface area contributed by atoms with Crippen LogP contribution in [0, 0.1) is 0 Å². The normalized spacial score (nSPS) is 16.2. The van der Waals surface area contributed by atoms with Crippen molar-refractivity contribution in [2.75, 3.05) is 16.5 Å². The molecule has 0 aliphatic carbocycles. The first-order chi connectivity index (χ1) is 35.3. The maximum atomic E-state index is 9.41. The lowest BCUT2D eigenvalue weighted by atomic mass is 9.85. The van der Waals surface area contributed by atoms with Crippen molar-refractivity contribution in [2.45, 2.75) is 52.4 Å². The molecule has 0 saturated heterocycles. The van der Waals surface area contributed by atoms with Crippen LogP contribution in [0.2, 0.25) is 0 Å². The van der Waals surface area contributed by atoms with E-state index in [1.165, 1.54) is 10.6 Å². The molecular formula is C56H50N4O. The summed E-state index contributed by atoms with van der Waals surface area (Å²) in [5.41, 5.74) is 5.16. The fraction of sp³-hybridized carbons (Fsp3) is 0.161. The molecule has 10 rings (SSSR count). The fourth-order valence-electron chi connectivity index (χ4n) is 7.90. The van der Waals surface area contributed by atoms with Crippen molar-refractivity contribution in [1.29, 1.82) is 0 Å². The SMILES string of the molecule is [2H]c1nc(-n2c3cc(Oc4cccc(N5CN(c6c(-c7cccc(C(C)(C)C)c7)cccc6-c6c([2H])c([2H])c([2H])c([2H])c6[2H])c6ccccc65)c4)c([2H])c([2H])c3c3c([2H])c([2H])c([2H])c([2H])c32)c([2H])c(C(C)(C)C)c1[2H]. The van der Waals surface area contributed by atoms with E-state index in [0.29, 0.717) is 16.9 Å². The first-order valence-electron chi connectivity index (χ1n) is 27.1. The molecule has 5 nitrogen and oxygen atoms in total. The van der Waals surface area contributed by atoms with Crippen LogP contribution in [-0.4, -0.2) is 16.2 Å². The average Bonchev–Trinajstić information content (AvgIpc) is 3.92. The van der Waals surface area contributed by atoms with E-state index < -0.39 is 59.9 Å². The number of anilines is 4. The quantitative estimate of drug-likeness (QED) is 0.161. The molecule has 1 aliphatic rings. The van der Waals surface area contributed by atoms with Crippen LogP contribution in [-0.2, 0) is 10.8 Å². The predicted octanol–water partition coefficient (Wildman–Crippen LogP) is 15.1. The summed E-state index contributed by atoms with van der Waals surface area (Å²) in [6.45, 7) is 11.9. The molecule has 0 amide bonds. The number of hydrogen-bond acceptors (Lipinski definition) is 4. The summed E-state index contributed by atoms with van der Waals surface area (Å²) in [6.07, 6.45) is -0.455. The molecule has 3 heterocycles. The molecule has 0 fully saturated rings. The van der Waals surface area contributed by atoms with Crippen LogP contribution >= 0.6 is 0 Å². The molecule has 0 N–H and O–H groups in total. The van der Waals surface area contributed by atoms with Gasteiger partial charge in [0.25, 0.3) is 0 Å². The third-order valence-corrected chi connectivity index (χ3v) is 11.0. The molecule has 7 aromatic carbocycles. The molecule has 0 radical (unpaired) electrons. The Hall–Kier alpha value is -7.11. The van der Waals surface area contributed by atoms with Gasteiger partial charge in [0.2, 0.25) is 0 Å². The summed E-state index contributed by atoms with van der Waals surface area (Å²) >= 11 is 0. The van der Waals surface area contributed by atoms with Gasteiger partial charge in [-0.1, -0.05) is 151 Å². The monoisotopic (exact) mass is 808 g/mol. The van der Waals surface area contributed by atoms with Gasteiger partial charge in [-0.2, -0.15) is 0 Å². The fourth-order valence-corrected chi connectivity index (χ4v) is 7.90. The minimum atomic E-state index is -0.811. The van der Waals surface area contributed by atoms with Gasteiger partial charge in [-0.15, -0.1) is 0 Å². The summed E-state index contributed by atoms with van der Waals surface area (Å²) < 4.78 is 133. The van der Waals surface area contributed by atoms with Gasteiger partial charge in [0.1, 0.15) is 24.0 Å². The molecule has 2 aromatic heterocycles. The van der Waals surface area contributed by atoms with E-state index in [2.05, 4.69) is 42.8 Å². The van der Waals surface area contributed by atoms with Crippen molar-refractivity contribution in [3.63, 3.8) is 0 Å². The third kappa shape index (κ3) is 7.00. The van der Waals surface area contributed by atoms with Crippen LogP contribution in [0.15, 0.2) is 182 Å². The van der Waals surface area contributed by atoms with Crippen LogP contribution in [0.25, 0.3) is 49.9 Å². The molecule has 0 unspecified atom stereocenters. The first kappa shape index (κ1) is 25.5. The van der Waals surface area contributed by atoms with Gasteiger partial charge in [0.05, 0.1) is 47.3 Å². The third-order valence-electron chi connectivity index (χ3n) is 11.0. The highest BCUT2D eigenvalue weighted by Gasteiger charge is 2.32. The zero-order valence-corrected chi connectivity index (χ0v) is 34.6. The second kappa shape index (κ2) is 14.9. The van der Waals surface area contributed by atoms with Gasteiger partial charge < -0.3 is 14.5 Å². The molecule has 61 heavy (non-hydrogen) atoms. The maximum Gasteiger partial charge on any atom is 0.137 e. The minimum Gasteiger partial charge on any atom is -0.457 e. The molecule has 5 heteroatoms. The molecule has 9 aromatic rings. The van der Waals surface area contributed by atoms with E-state index in [4.69, 9.17) is 19.8 Å². The molecular weight excluding hydrogens is 745 g/mol. The van der Waals surface area contributed by atoms with Gasteiger partial charge >= 0.3 is 0 Å². The number of aromatic nitrogens is 2. The lowest BCUT2D eigenvalue weighted by molar-refractivity contribution is 0.483. The van der Waals surface area contributed by atoms with Crippen molar-refractivity contribution >= 4 is 44.6 Å². The van der Waals surface area contributed by atoms with Crippen molar-refractivity contribution in [3.8, 4) is 39.6 Å². The smallest absolute Gasteiger partial charge is 0.137 e. The number of para-hydroxylation sites is 4. The number of rotatable bonds is 7. The Morgan fingerprint density at radius 1 is 0.557 bits per heavy atom. The Kier molecular flexibility index (Phi) is 6.21. The highest BCUT2D eigenvalue weighted by atomic mass is 16.5. The lowest BCUT2D eigenvalue weighted by Gasteiger charge is -2.28. The number of fused-ring (bicyclic) bond motifs is 4. The summed E-state index contributed by atoms with van der Waals surface area (Å²) in [4.78, 5) is 8.47. The molecule has 0 spiro atoms. The van der Waals surface area contributed by atoms with Crippen LogP contribution in [0.1, 0.15) is 71.9 Å². The summed E-state index contributed by atoms with van der Waals surface area (Å²) in [5, 5.41) is -0.0799. The Morgan fingerprint density at radius 3 is 2.03 bits per heavy atom. The molecule has 1 aliphatic heterocycles. The maximum absolute atomic E-state index is 9.41. The topological polar surface area (TPSA) is 33.5 Å². The second-order valence-electron chi connectivity index (χ2n) is 17.1. The van der Waals surface area contributed by atoms with Crippen LogP contribution in [0.5, 0.6) is 11.5 Å². The van der Waals surface area contributed by atoms with E-state index in [1.54, 1.807) is 45.0 Å². The predicted molar refractivity (Wildman–Crippen MR) is 255 cm³/mol. The van der Waals surface area contributed by atoms with E-state index >= 15 is 0 Å². The van der Waals surface area contributed by atoms with Gasteiger partial charge in [-0.05, 0) is 87.6 Å². The van der Waals surface area contributed by atoms with Crippen molar-refractivity contribution in [2.24, 2.45) is 0 Å². The first-order valence-corrected chi connectivity index (χ1v) is 20.1. The van der Waals surface area contributed by atoms with Gasteiger partial charge in [-0.3, -0.25) is 4.57 Å². The number of pyridine rings is 1. The Morgan fingerprint density at radius 2 is 1.25 bits per heavy atom. The van der Waals surface area contributed by atoms with Crippen molar-refractivity contribution in [1.82, 2.24) is 9.55 Å². The highest BCUT2D eigenvalue weighted by Crippen LogP contribution is 2.50. The average molecular weight is 809 g/mol. The zero-order chi connectivity index (χ0) is 54.1. The van der Waals surface area contributed by atoms with Crippen molar-refractivity contribution < 1.29 is 23.9 Å². The lowest BCUT2D eigenvalue weighted by Crippen LogP contribution is -2.25. The number of hydrogen-bond donors (Lipinski definition) is 0. The van der Waals surface area contributed by atoms with Crippen LogP contribution in [0.3, 0.4) is 0 Å². The minimum absolute atomic E-state index is 0.00903. The second-order valence-corrected chi connectivity index (χ2v) is 17.1. The summed E-state index contributed by atoms with van der Waals surface area (Å²) in [5.74, 6) is -0.0532. The van der Waals surface area contributed by atoms with Gasteiger partial charge in [0.15, 0.2) is 0 Å². The van der Waals surface area contributed by atoms with Crippen LogP contribution in [0.4, 0.5) is 22.7 Å². The largest absolute Gasteiger partial charge is 0.457 e. The zero-order valence-electron chi connectivity index (χ0n) is 48.6. The Bertz CT molecular complexity index is 3870. The van der Waals surface area contributed by atoms with E-state index in [0.717, 1.165) is 28.1 Å². The van der Waals surface area contributed by atoms with Gasteiger partial charge in [0, 0.05) is 45.9 Å². The number of benzene rings is 7. The van der Waals surface area contributed by atoms with Crippen molar-refractivity contribution in [3.05, 3.63) is 193 Å². The molecule has 0 bridgehead atoms. The summed E-state index contributed by atoms with van der Waals surface area (Å²) in [7, 11) is 0. The summed E-state index contributed by atoms with van der Waals surface area (Å²) in [6, 6.07) is 24.6. The van der Waals surface area contributed by atoms with E-state index in [1.807, 2.05) is 59.5 Å². The molecule has 0 saturated carbocycles. The Labute approximate surface area is 378 Å². The van der Waals surface area contributed by atoms with E-state index in [9.17, 15) is 4.11 Å². The highest BCUT2D eigenvalue weighted by molar-refractivity contribution is 6.09. The molecule has 300 valence electrons. The number of ether oxygens (including phenoxy) is 1. The van der Waals surface area contributed by atoms with Gasteiger partial charge in [-0.25, -0.2) is 4.98 Å². The van der Waals surface area contributed by atoms with Crippen LogP contribution < -0.4 is 14.5 Å². The van der Waals surface area contributed by atoms with E-state index in [-0.39, 0.29) is 92.5 Å². The Balaban J connectivity index is 1.13. The molecule has 0 atom stereocenters.